The molecule has 1 heterocycles. The summed E-state index contributed by atoms with van der Waals surface area (Å²) in [6.07, 6.45) is 0.872. The van der Waals surface area contributed by atoms with Gasteiger partial charge in [0, 0.05) is 23.9 Å². The topological polar surface area (TPSA) is 28.7 Å². The van der Waals surface area contributed by atoms with Crippen LogP contribution >= 0.6 is 0 Å². The van der Waals surface area contributed by atoms with Gasteiger partial charge in [-0.3, -0.25) is 0 Å². The van der Waals surface area contributed by atoms with E-state index in [1.165, 1.54) is 0 Å². The summed E-state index contributed by atoms with van der Waals surface area (Å²) in [6.45, 7) is 3.58. The van der Waals surface area contributed by atoms with E-state index >= 15 is 0 Å². The number of aryl methyl sites for hydroxylation is 1. The molecular formula is C13H14F2N2. The van der Waals surface area contributed by atoms with Gasteiger partial charge in [0.2, 0.25) is 0 Å². The molecule has 0 aliphatic carbocycles. The normalized spacial score (nSPS) is 13.0. The maximum absolute atomic E-state index is 13.1. The Morgan fingerprint density at radius 1 is 1.29 bits per heavy atom. The van der Waals surface area contributed by atoms with Crippen molar-refractivity contribution < 1.29 is 8.78 Å². The second-order valence-corrected chi connectivity index (χ2v) is 4.07. The van der Waals surface area contributed by atoms with E-state index in [9.17, 15) is 8.78 Å². The third-order valence-corrected chi connectivity index (χ3v) is 2.97. The highest BCUT2D eigenvalue weighted by molar-refractivity contribution is 5.39. The summed E-state index contributed by atoms with van der Waals surface area (Å²) in [6, 6.07) is 5.25. The predicted molar refractivity (Wildman–Crippen MR) is 62.2 cm³/mol. The first-order valence-electron chi connectivity index (χ1n) is 5.48. The summed E-state index contributed by atoms with van der Waals surface area (Å²) in [7, 11) is 0. The van der Waals surface area contributed by atoms with E-state index in [2.05, 4.69) is 9.97 Å². The summed E-state index contributed by atoms with van der Waals surface area (Å²) in [5.74, 6) is 0.548. The van der Waals surface area contributed by atoms with E-state index in [0.29, 0.717) is 17.0 Å². The van der Waals surface area contributed by atoms with Gasteiger partial charge in [0.05, 0.1) is 0 Å². The molecule has 1 atom stereocenters. The molecule has 17 heavy (non-hydrogen) atoms. The van der Waals surface area contributed by atoms with Gasteiger partial charge in [-0.2, -0.15) is 0 Å². The summed E-state index contributed by atoms with van der Waals surface area (Å²) >= 11 is 0. The highest BCUT2D eigenvalue weighted by Gasteiger charge is 2.21. The molecule has 0 saturated heterocycles. The summed E-state index contributed by atoms with van der Waals surface area (Å²) in [5, 5.41) is 0. The fraction of sp³-hybridized carbons (Fsp3) is 0.308. The third kappa shape index (κ3) is 2.20. The van der Waals surface area contributed by atoms with Crippen molar-refractivity contribution in [2.45, 2.75) is 26.2 Å². The molecule has 2 nitrogen and oxygen atoms in total. The zero-order chi connectivity index (χ0) is 12.4. The van der Waals surface area contributed by atoms with Crippen LogP contribution in [0.4, 0.5) is 8.78 Å². The van der Waals surface area contributed by atoms with Gasteiger partial charge in [0.25, 0.3) is 6.43 Å². The molecule has 0 aliphatic rings. The highest BCUT2D eigenvalue weighted by atomic mass is 19.3. The molecule has 0 spiro atoms. The number of halogens is 2. The molecule has 2 rings (SSSR count). The van der Waals surface area contributed by atoms with Crippen molar-refractivity contribution in [1.82, 2.24) is 9.97 Å². The molecule has 0 radical (unpaired) electrons. The second-order valence-electron chi connectivity index (χ2n) is 4.07. The highest BCUT2D eigenvalue weighted by Crippen LogP contribution is 2.33. The minimum atomic E-state index is -2.45. The van der Waals surface area contributed by atoms with E-state index in [4.69, 9.17) is 0 Å². The van der Waals surface area contributed by atoms with Gasteiger partial charge in [0.15, 0.2) is 0 Å². The lowest BCUT2D eigenvalue weighted by atomic mass is 9.92. The van der Waals surface area contributed by atoms with E-state index < -0.39 is 6.43 Å². The van der Waals surface area contributed by atoms with Crippen molar-refractivity contribution in [3.63, 3.8) is 0 Å². The predicted octanol–water partition coefficient (Wildman–Crippen LogP) is 3.81. The third-order valence-electron chi connectivity index (χ3n) is 2.97. The number of aromatic amines is 1. The molecule has 1 aromatic heterocycles. The number of nitrogens with one attached hydrogen (secondary N) is 1. The lowest BCUT2D eigenvalue weighted by Gasteiger charge is -2.16. The van der Waals surface area contributed by atoms with Crippen LogP contribution in [0.1, 0.15) is 41.8 Å². The summed E-state index contributed by atoms with van der Waals surface area (Å²) < 4.78 is 26.1. The van der Waals surface area contributed by atoms with Crippen LogP contribution in [0.3, 0.4) is 0 Å². The Labute approximate surface area is 98.7 Å². The van der Waals surface area contributed by atoms with Crippen LogP contribution in [0.5, 0.6) is 0 Å². The summed E-state index contributed by atoms with van der Waals surface area (Å²) in [5.41, 5.74) is 1.38. The first kappa shape index (κ1) is 11.8. The van der Waals surface area contributed by atoms with Crippen LogP contribution < -0.4 is 0 Å². The second kappa shape index (κ2) is 4.65. The minimum absolute atomic E-state index is 0.122. The molecule has 0 saturated carbocycles. The first-order chi connectivity index (χ1) is 8.11. The van der Waals surface area contributed by atoms with Crippen LogP contribution in [0.25, 0.3) is 0 Å². The molecule has 1 N–H and O–H groups in total. The molecule has 1 unspecified atom stereocenters. The molecule has 4 heteroatoms. The van der Waals surface area contributed by atoms with Crippen LogP contribution in [-0.2, 0) is 0 Å². The average molecular weight is 236 g/mol. The zero-order valence-electron chi connectivity index (χ0n) is 9.74. The molecule has 0 aliphatic heterocycles. The Hall–Kier alpha value is -1.71. The number of nitrogens with zero attached hydrogens (tertiary/aromatic N) is 1. The monoisotopic (exact) mass is 236 g/mol. The van der Waals surface area contributed by atoms with Crippen molar-refractivity contribution in [3.8, 4) is 0 Å². The quantitative estimate of drug-likeness (QED) is 0.862. The van der Waals surface area contributed by atoms with Crippen molar-refractivity contribution in [3.05, 3.63) is 53.1 Å². The molecule has 0 amide bonds. The average Bonchev–Trinajstić information content (AvgIpc) is 2.80. The molecule has 90 valence electrons. The lowest BCUT2D eigenvalue weighted by molar-refractivity contribution is 0.149. The van der Waals surface area contributed by atoms with E-state index in [1.807, 2.05) is 6.92 Å². The van der Waals surface area contributed by atoms with Gasteiger partial charge in [-0.1, -0.05) is 25.1 Å². The minimum Gasteiger partial charge on any atom is -0.348 e. The zero-order valence-corrected chi connectivity index (χ0v) is 9.74. The van der Waals surface area contributed by atoms with Crippen molar-refractivity contribution >= 4 is 0 Å². The van der Waals surface area contributed by atoms with Gasteiger partial charge in [0.1, 0.15) is 5.82 Å². The Kier molecular flexibility index (Phi) is 3.22. The number of hydrogen-bond donors (Lipinski definition) is 1. The number of hydrogen-bond acceptors (Lipinski definition) is 1. The summed E-state index contributed by atoms with van der Waals surface area (Å²) in [4.78, 5) is 7.09. The van der Waals surface area contributed by atoms with Gasteiger partial charge in [-0.05, 0) is 18.1 Å². The standard InChI is InChI=1S/C13H14F2N2/c1-8-4-3-5-10(11(8)12(14)15)9(2)13-16-6-7-17-13/h3-7,9,12H,1-2H3,(H,16,17). The SMILES string of the molecule is Cc1cccc(C(C)c2ncc[nH]2)c1C(F)F. The van der Waals surface area contributed by atoms with Crippen LogP contribution in [-0.4, -0.2) is 9.97 Å². The maximum atomic E-state index is 13.1. The van der Waals surface area contributed by atoms with E-state index in [-0.39, 0.29) is 11.5 Å². The van der Waals surface area contributed by atoms with Gasteiger partial charge < -0.3 is 4.98 Å². The van der Waals surface area contributed by atoms with E-state index in [1.54, 1.807) is 37.5 Å². The Bertz CT molecular complexity index is 492. The van der Waals surface area contributed by atoms with Gasteiger partial charge in [-0.15, -0.1) is 0 Å². The van der Waals surface area contributed by atoms with Gasteiger partial charge >= 0.3 is 0 Å². The number of imidazole rings is 1. The number of rotatable bonds is 3. The van der Waals surface area contributed by atoms with Crippen LogP contribution in [0.2, 0.25) is 0 Å². The van der Waals surface area contributed by atoms with Crippen molar-refractivity contribution in [2.24, 2.45) is 0 Å². The fourth-order valence-corrected chi connectivity index (χ4v) is 2.04. The van der Waals surface area contributed by atoms with Crippen molar-refractivity contribution in [2.75, 3.05) is 0 Å². The smallest absolute Gasteiger partial charge is 0.264 e. The Morgan fingerprint density at radius 3 is 2.65 bits per heavy atom. The molecule has 0 fully saturated rings. The Balaban J connectivity index is 2.48. The van der Waals surface area contributed by atoms with Crippen LogP contribution in [0.15, 0.2) is 30.6 Å². The first-order valence-corrected chi connectivity index (χ1v) is 5.48. The van der Waals surface area contributed by atoms with Crippen LogP contribution in [0, 0.1) is 6.92 Å². The maximum Gasteiger partial charge on any atom is 0.264 e. The van der Waals surface area contributed by atoms with Gasteiger partial charge in [-0.25, -0.2) is 13.8 Å². The Morgan fingerprint density at radius 2 is 2.06 bits per heavy atom. The molecule has 1 aromatic carbocycles. The molecular weight excluding hydrogens is 222 g/mol. The number of alkyl halides is 2. The molecule has 2 aromatic rings. The fourth-order valence-electron chi connectivity index (χ4n) is 2.04. The largest absolute Gasteiger partial charge is 0.348 e. The molecule has 0 bridgehead atoms. The number of benzene rings is 1. The number of H-pyrrole nitrogens is 1. The number of aromatic nitrogens is 2. The lowest BCUT2D eigenvalue weighted by Crippen LogP contribution is -2.05. The van der Waals surface area contributed by atoms with Crippen molar-refractivity contribution in [1.29, 1.82) is 0 Å². The van der Waals surface area contributed by atoms with E-state index in [0.717, 1.165) is 0 Å².